The van der Waals surface area contributed by atoms with E-state index >= 15 is 0 Å². The molecule has 156 valence electrons. The number of hydrogen-bond acceptors (Lipinski definition) is 6. The number of nitrogens with one attached hydrogen (secondary N) is 1. The lowest BCUT2D eigenvalue weighted by atomic mass is 10.1. The number of carbonyl (C=O) groups is 2. The number of aryl methyl sites for hydroxylation is 1. The van der Waals surface area contributed by atoms with Crippen LogP contribution >= 0.6 is 11.8 Å². The second kappa shape index (κ2) is 10.4. The zero-order valence-electron chi connectivity index (χ0n) is 17.2. The van der Waals surface area contributed by atoms with Gasteiger partial charge in [0.25, 0.3) is 0 Å². The molecule has 1 heterocycles. The van der Waals surface area contributed by atoms with Gasteiger partial charge >= 0.3 is 5.97 Å². The van der Waals surface area contributed by atoms with E-state index < -0.39 is 5.97 Å². The number of nitrogens with zero attached hydrogens (tertiary/aromatic N) is 2. The van der Waals surface area contributed by atoms with Gasteiger partial charge in [-0.05, 0) is 50.2 Å². The van der Waals surface area contributed by atoms with Crippen LogP contribution in [0.1, 0.15) is 28.4 Å². The van der Waals surface area contributed by atoms with Crippen molar-refractivity contribution in [1.29, 1.82) is 5.26 Å². The second-order valence-corrected chi connectivity index (χ2v) is 7.63. The third-order valence-electron chi connectivity index (χ3n) is 4.35. The Balaban J connectivity index is 1.65. The van der Waals surface area contributed by atoms with Gasteiger partial charge in [-0.1, -0.05) is 41.6 Å². The van der Waals surface area contributed by atoms with Crippen molar-refractivity contribution < 1.29 is 14.3 Å². The number of thioether (sulfide) groups is 1. The number of carbonyl (C=O) groups excluding carboxylic acids is 2. The third kappa shape index (κ3) is 5.93. The summed E-state index contributed by atoms with van der Waals surface area (Å²) in [6, 6.07) is 20.1. The zero-order chi connectivity index (χ0) is 22.2. The number of aromatic nitrogens is 1. The first-order chi connectivity index (χ1) is 15.0. The highest BCUT2D eigenvalue weighted by molar-refractivity contribution is 8.00. The molecular formula is C24H21N3O3S. The summed E-state index contributed by atoms with van der Waals surface area (Å²) >= 11 is 1.21. The summed E-state index contributed by atoms with van der Waals surface area (Å²) in [6.45, 7) is 4.06. The minimum absolute atomic E-state index is 0.0959. The maximum Gasteiger partial charge on any atom is 0.338 e. The van der Waals surface area contributed by atoms with Crippen LogP contribution in [-0.4, -0.2) is 29.2 Å². The lowest BCUT2D eigenvalue weighted by molar-refractivity contribution is -0.113. The lowest BCUT2D eigenvalue weighted by Gasteiger charge is -2.08. The normalized spacial score (nSPS) is 10.2. The van der Waals surface area contributed by atoms with Gasteiger partial charge in [0.2, 0.25) is 5.91 Å². The van der Waals surface area contributed by atoms with E-state index in [4.69, 9.17) is 4.74 Å². The number of rotatable bonds is 7. The summed E-state index contributed by atoms with van der Waals surface area (Å²) in [5.41, 5.74) is 4.26. The summed E-state index contributed by atoms with van der Waals surface area (Å²) in [6.07, 6.45) is 0. The van der Waals surface area contributed by atoms with E-state index in [0.29, 0.717) is 28.4 Å². The summed E-state index contributed by atoms with van der Waals surface area (Å²) < 4.78 is 4.94. The largest absolute Gasteiger partial charge is 0.462 e. The SMILES string of the molecule is CCOC(=O)c1ccc(NC(=O)CSc2nc(-c3ccc(C)cc3)ccc2C#N)cc1. The fourth-order valence-corrected chi connectivity index (χ4v) is 3.53. The number of amides is 1. The Morgan fingerprint density at radius 1 is 1.06 bits per heavy atom. The van der Waals surface area contributed by atoms with Crippen LogP contribution in [0.5, 0.6) is 0 Å². The van der Waals surface area contributed by atoms with Crippen LogP contribution in [0, 0.1) is 18.3 Å². The van der Waals surface area contributed by atoms with Gasteiger partial charge in [0, 0.05) is 11.3 Å². The first kappa shape index (κ1) is 22.1. The quantitative estimate of drug-likeness (QED) is 0.425. The molecule has 0 unspecified atom stereocenters. The molecule has 0 fully saturated rings. The molecule has 0 atom stereocenters. The van der Waals surface area contributed by atoms with Gasteiger partial charge in [0.1, 0.15) is 11.1 Å². The van der Waals surface area contributed by atoms with Crippen molar-refractivity contribution in [3.05, 3.63) is 77.4 Å². The average molecular weight is 432 g/mol. The van der Waals surface area contributed by atoms with Crippen molar-refractivity contribution in [2.75, 3.05) is 17.7 Å². The summed E-state index contributed by atoms with van der Waals surface area (Å²) in [5.74, 6) is -0.543. The molecule has 3 rings (SSSR count). The van der Waals surface area contributed by atoms with Gasteiger partial charge in [-0.3, -0.25) is 4.79 Å². The van der Waals surface area contributed by atoms with Crippen molar-refractivity contribution in [3.8, 4) is 17.3 Å². The number of esters is 1. The van der Waals surface area contributed by atoms with Gasteiger partial charge in [-0.2, -0.15) is 5.26 Å². The summed E-state index contributed by atoms with van der Waals surface area (Å²) in [5, 5.41) is 12.7. The molecule has 0 aliphatic carbocycles. The van der Waals surface area contributed by atoms with Crippen molar-refractivity contribution in [1.82, 2.24) is 4.98 Å². The molecule has 0 radical (unpaired) electrons. The van der Waals surface area contributed by atoms with Gasteiger partial charge < -0.3 is 10.1 Å². The van der Waals surface area contributed by atoms with Gasteiger partial charge in [-0.15, -0.1) is 0 Å². The number of anilines is 1. The minimum Gasteiger partial charge on any atom is -0.462 e. The van der Waals surface area contributed by atoms with E-state index in [1.807, 2.05) is 31.2 Å². The molecule has 0 bridgehead atoms. The Labute approximate surface area is 185 Å². The van der Waals surface area contributed by atoms with Crippen LogP contribution in [0.2, 0.25) is 0 Å². The van der Waals surface area contributed by atoms with Crippen LogP contribution in [0.25, 0.3) is 11.3 Å². The highest BCUT2D eigenvalue weighted by Crippen LogP contribution is 2.25. The first-order valence-corrected chi connectivity index (χ1v) is 10.7. The molecule has 1 aromatic heterocycles. The molecule has 0 saturated heterocycles. The molecular weight excluding hydrogens is 410 g/mol. The van der Waals surface area contributed by atoms with Crippen LogP contribution < -0.4 is 5.32 Å². The molecule has 2 aromatic carbocycles. The van der Waals surface area contributed by atoms with Crippen LogP contribution in [0.4, 0.5) is 5.69 Å². The van der Waals surface area contributed by atoms with Crippen molar-refractivity contribution >= 4 is 29.3 Å². The molecule has 3 aromatic rings. The van der Waals surface area contributed by atoms with E-state index in [9.17, 15) is 14.9 Å². The highest BCUT2D eigenvalue weighted by Gasteiger charge is 2.12. The Morgan fingerprint density at radius 3 is 2.42 bits per heavy atom. The number of pyridine rings is 1. The Kier molecular flexibility index (Phi) is 7.41. The monoisotopic (exact) mass is 431 g/mol. The van der Waals surface area contributed by atoms with E-state index in [0.717, 1.165) is 16.8 Å². The Hall–Kier alpha value is -3.63. The molecule has 1 N–H and O–H groups in total. The topological polar surface area (TPSA) is 92.1 Å². The maximum absolute atomic E-state index is 12.4. The lowest BCUT2D eigenvalue weighted by Crippen LogP contribution is -2.14. The second-order valence-electron chi connectivity index (χ2n) is 6.66. The van der Waals surface area contributed by atoms with Gasteiger partial charge in [0.05, 0.1) is 29.2 Å². The maximum atomic E-state index is 12.4. The predicted octanol–water partition coefficient (Wildman–Crippen LogP) is 4.84. The standard InChI is InChI=1S/C24H21N3O3S/c1-3-30-24(29)18-8-11-20(12-9-18)26-22(28)15-31-23-19(14-25)10-13-21(27-23)17-6-4-16(2)5-7-17/h4-13H,3,15H2,1-2H3,(H,26,28). The first-order valence-electron chi connectivity index (χ1n) is 9.68. The van der Waals surface area contributed by atoms with E-state index in [1.165, 1.54) is 11.8 Å². The van der Waals surface area contributed by atoms with E-state index in [1.54, 1.807) is 43.3 Å². The van der Waals surface area contributed by atoms with Crippen LogP contribution in [0.3, 0.4) is 0 Å². The Morgan fingerprint density at radius 2 is 1.77 bits per heavy atom. The highest BCUT2D eigenvalue weighted by atomic mass is 32.2. The number of ether oxygens (including phenoxy) is 1. The van der Waals surface area contributed by atoms with Crippen molar-refractivity contribution in [2.45, 2.75) is 18.9 Å². The smallest absolute Gasteiger partial charge is 0.338 e. The average Bonchev–Trinajstić information content (AvgIpc) is 2.78. The molecule has 0 spiro atoms. The van der Waals surface area contributed by atoms with Gasteiger partial charge in [-0.25, -0.2) is 9.78 Å². The third-order valence-corrected chi connectivity index (χ3v) is 5.34. The van der Waals surface area contributed by atoms with E-state index in [2.05, 4.69) is 16.4 Å². The summed E-state index contributed by atoms with van der Waals surface area (Å²) in [4.78, 5) is 28.6. The van der Waals surface area contributed by atoms with E-state index in [-0.39, 0.29) is 11.7 Å². The van der Waals surface area contributed by atoms with Crippen LogP contribution in [-0.2, 0) is 9.53 Å². The number of benzene rings is 2. The molecule has 7 heteroatoms. The van der Waals surface area contributed by atoms with Gasteiger partial charge in [0.15, 0.2) is 0 Å². The Bertz CT molecular complexity index is 1120. The number of nitriles is 1. The number of hydrogen-bond donors (Lipinski definition) is 1. The molecule has 0 aliphatic rings. The zero-order valence-corrected chi connectivity index (χ0v) is 18.0. The fraction of sp³-hybridized carbons (Fsp3) is 0.167. The van der Waals surface area contributed by atoms with Crippen molar-refractivity contribution in [3.63, 3.8) is 0 Å². The fourth-order valence-electron chi connectivity index (χ4n) is 2.76. The molecule has 1 amide bonds. The molecule has 0 aliphatic heterocycles. The molecule has 0 saturated carbocycles. The molecule has 6 nitrogen and oxygen atoms in total. The van der Waals surface area contributed by atoms with Crippen LogP contribution in [0.15, 0.2) is 65.7 Å². The summed E-state index contributed by atoms with van der Waals surface area (Å²) in [7, 11) is 0. The van der Waals surface area contributed by atoms with Crippen molar-refractivity contribution in [2.24, 2.45) is 0 Å². The minimum atomic E-state index is -0.403. The molecule has 31 heavy (non-hydrogen) atoms. The predicted molar refractivity (Wildman–Crippen MR) is 121 cm³/mol.